The summed E-state index contributed by atoms with van der Waals surface area (Å²) in [4.78, 5) is 3.39. The van der Waals surface area contributed by atoms with Crippen molar-refractivity contribution < 1.29 is 4.74 Å². The van der Waals surface area contributed by atoms with Gasteiger partial charge in [-0.05, 0) is 18.1 Å². The van der Waals surface area contributed by atoms with Gasteiger partial charge in [0.1, 0.15) is 5.75 Å². The van der Waals surface area contributed by atoms with Crippen LogP contribution in [0, 0.1) is 0 Å². The van der Waals surface area contributed by atoms with E-state index >= 15 is 0 Å². The largest absolute Gasteiger partial charge is 0.494 e. The fraction of sp³-hybridized carbons (Fsp3) is 0.333. The van der Waals surface area contributed by atoms with Crippen molar-refractivity contribution in [1.29, 1.82) is 0 Å². The summed E-state index contributed by atoms with van der Waals surface area (Å²) in [5.74, 6) is 1.44. The maximum absolute atomic E-state index is 5.43. The van der Waals surface area contributed by atoms with Gasteiger partial charge in [0.15, 0.2) is 0 Å². The normalized spacial score (nSPS) is 11.1. The molecule has 1 heterocycles. The van der Waals surface area contributed by atoms with Crippen molar-refractivity contribution in [2.45, 2.75) is 19.8 Å². The number of H-pyrrole nitrogens is 1. The number of nitrogens with one attached hydrogen (secondary N) is 1. The summed E-state index contributed by atoms with van der Waals surface area (Å²) in [7, 11) is 1.72. The van der Waals surface area contributed by atoms with E-state index in [0.29, 0.717) is 5.92 Å². The van der Waals surface area contributed by atoms with Crippen LogP contribution in [0.4, 0.5) is 0 Å². The molecule has 1 aromatic carbocycles. The first-order chi connectivity index (χ1) is 6.74. The second-order valence-electron chi connectivity index (χ2n) is 3.77. The van der Waals surface area contributed by atoms with Gasteiger partial charge in [0.05, 0.1) is 12.8 Å². The molecule has 2 heteroatoms. The highest BCUT2D eigenvalue weighted by Crippen LogP contribution is 2.33. The number of benzene rings is 1. The van der Waals surface area contributed by atoms with Crippen molar-refractivity contribution in [2.75, 3.05) is 7.11 Å². The fourth-order valence-electron chi connectivity index (χ4n) is 1.76. The molecule has 0 bridgehead atoms. The third-order valence-corrected chi connectivity index (χ3v) is 2.47. The number of hydrogen-bond donors (Lipinski definition) is 1. The molecule has 74 valence electrons. The molecule has 0 atom stereocenters. The number of aromatic amines is 1. The molecule has 0 saturated heterocycles. The first-order valence-corrected chi connectivity index (χ1v) is 4.88. The molecule has 0 saturated carbocycles. The summed E-state index contributed by atoms with van der Waals surface area (Å²) < 4.78 is 5.43. The summed E-state index contributed by atoms with van der Waals surface area (Å²) in [6.07, 6.45) is 0. The van der Waals surface area contributed by atoms with E-state index in [0.717, 1.165) is 11.3 Å². The van der Waals surface area contributed by atoms with Crippen LogP contribution in [0.25, 0.3) is 10.9 Å². The van der Waals surface area contributed by atoms with Gasteiger partial charge in [-0.1, -0.05) is 26.0 Å². The Hall–Kier alpha value is -1.44. The molecule has 0 aliphatic heterocycles. The van der Waals surface area contributed by atoms with Crippen LogP contribution in [0.15, 0.2) is 24.3 Å². The van der Waals surface area contributed by atoms with Crippen LogP contribution >= 0.6 is 0 Å². The highest BCUT2D eigenvalue weighted by atomic mass is 16.5. The number of ether oxygens (including phenoxy) is 1. The molecule has 1 N–H and O–H groups in total. The van der Waals surface area contributed by atoms with Gasteiger partial charge < -0.3 is 9.72 Å². The third-order valence-electron chi connectivity index (χ3n) is 2.47. The fourth-order valence-corrected chi connectivity index (χ4v) is 1.76. The lowest BCUT2D eigenvalue weighted by Crippen LogP contribution is -1.91. The van der Waals surface area contributed by atoms with Gasteiger partial charge in [0.2, 0.25) is 0 Å². The second-order valence-corrected chi connectivity index (χ2v) is 3.77. The van der Waals surface area contributed by atoms with Crippen molar-refractivity contribution >= 4 is 10.9 Å². The number of para-hydroxylation sites is 1. The van der Waals surface area contributed by atoms with E-state index in [1.165, 1.54) is 11.1 Å². The van der Waals surface area contributed by atoms with Crippen LogP contribution in [0.2, 0.25) is 0 Å². The lowest BCUT2D eigenvalue weighted by molar-refractivity contribution is 0.412. The van der Waals surface area contributed by atoms with Crippen molar-refractivity contribution in [3.8, 4) is 5.75 Å². The molecule has 0 radical (unpaired) electrons. The van der Waals surface area contributed by atoms with Gasteiger partial charge in [-0.15, -0.1) is 0 Å². The highest BCUT2D eigenvalue weighted by molar-refractivity contribution is 5.87. The number of aromatic nitrogens is 1. The quantitative estimate of drug-likeness (QED) is 0.770. The van der Waals surface area contributed by atoms with Crippen molar-refractivity contribution in [3.63, 3.8) is 0 Å². The molecular formula is C12H15NO. The molecule has 0 spiro atoms. The number of rotatable bonds is 2. The predicted molar refractivity (Wildman–Crippen MR) is 58.9 cm³/mol. The van der Waals surface area contributed by atoms with E-state index in [-0.39, 0.29) is 0 Å². The van der Waals surface area contributed by atoms with Crippen LogP contribution in [0.5, 0.6) is 5.75 Å². The molecule has 2 rings (SSSR count). The van der Waals surface area contributed by atoms with E-state index in [1.807, 2.05) is 12.1 Å². The maximum Gasteiger partial charge on any atom is 0.147 e. The Morgan fingerprint density at radius 3 is 2.57 bits per heavy atom. The zero-order valence-electron chi connectivity index (χ0n) is 8.79. The molecule has 2 aromatic rings. The molecule has 14 heavy (non-hydrogen) atoms. The minimum Gasteiger partial charge on any atom is -0.494 e. The van der Waals surface area contributed by atoms with Gasteiger partial charge >= 0.3 is 0 Å². The summed E-state index contributed by atoms with van der Waals surface area (Å²) in [5.41, 5.74) is 2.32. The Labute approximate surface area is 83.9 Å². The number of hydrogen-bond acceptors (Lipinski definition) is 1. The Bertz CT molecular complexity index is 443. The Balaban J connectivity index is 2.72. The van der Waals surface area contributed by atoms with Crippen molar-refractivity contribution in [2.24, 2.45) is 0 Å². The average molecular weight is 189 g/mol. The average Bonchev–Trinajstić information content (AvgIpc) is 2.56. The minimum atomic E-state index is 0.456. The molecule has 2 nitrogen and oxygen atoms in total. The smallest absolute Gasteiger partial charge is 0.147 e. The summed E-state index contributed by atoms with van der Waals surface area (Å²) in [5, 5.41) is 1.17. The topological polar surface area (TPSA) is 25.0 Å². The van der Waals surface area contributed by atoms with E-state index < -0.39 is 0 Å². The first-order valence-electron chi connectivity index (χ1n) is 4.88. The number of fused-ring (bicyclic) bond motifs is 1. The van der Waals surface area contributed by atoms with E-state index in [4.69, 9.17) is 4.74 Å². The minimum absolute atomic E-state index is 0.456. The standard InChI is InChI=1S/C12H15NO/c1-8(2)11-12(14-3)9-6-4-5-7-10(9)13-11/h4-8,13H,1-3H3. The Morgan fingerprint density at radius 1 is 1.21 bits per heavy atom. The van der Waals surface area contributed by atoms with Crippen LogP contribution in [0.3, 0.4) is 0 Å². The number of methoxy groups -OCH3 is 1. The zero-order valence-corrected chi connectivity index (χ0v) is 8.79. The molecule has 0 fully saturated rings. The predicted octanol–water partition coefficient (Wildman–Crippen LogP) is 3.30. The lowest BCUT2D eigenvalue weighted by Gasteiger charge is -2.05. The Morgan fingerprint density at radius 2 is 1.93 bits per heavy atom. The highest BCUT2D eigenvalue weighted by Gasteiger charge is 2.13. The van der Waals surface area contributed by atoms with Crippen LogP contribution in [-0.4, -0.2) is 12.1 Å². The maximum atomic E-state index is 5.43. The van der Waals surface area contributed by atoms with Crippen molar-refractivity contribution in [3.05, 3.63) is 30.0 Å². The summed E-state index contributed by atoms with van der Waals surface area (Å²) in [6.45, 7) is 4.32. The molecule has 0 unspecified atom stereocenters. The third kappa shape index (κ3) is 1.27. The van der Waals surface area contributed by atoms with Crippen LogP contribution in [0.1, 0.15) is 25.5 Å². The van der Waals surface area contributed by atoms with Crippen molar-refractivity contribution in [1.82, 2.24) is 4.98 Å². The molecule has 0 aliphatic rings. The first kappa shape index (κ1) is 9.13. The van der Waals surface area contributed by atoms with Gasteiger partial charge in [0, 0.05) is 10.9 Å². The van der Waals surface area contributed by atoms with Gasteiger partial charge in [-0.2, -0.15) is 0 Å². The van der Waals surface area contributed by atoms with Gasteiger partial charge in [-0.3, -0.25) is 0 Å². The van der Waals surface area contributed by atoms with E-state index in [9.17, 15) is 0 Å². The second kappa shape index (κ2) is 3.37. The Kier molecular flexibility index (Phi) is 2.20. The van der Waals surface area contributed by atoms with Crippen LogP contribution in [-0.2, 0) is 0 Å². The summed E-state index contributed by atoms with van der Waals surface area (Å²) >= 11 is 0. The van der Waals surface area contributed by atoms with Crippen LogP contribution < -0.4 is 4.74 Å². The molecule has 1 aromatic heterocycles. The SMILES string of the molecule is COc1c(C(C)C)[nH]c2ccccc12. The van der Waals surface area contributed by atoms with Gasteiger partial charge in [-0.25, -0.2) is 0 Å². The zero-order chi connectivity index (χ0) is 10.1. The molecule has 0 aliphatic carbocycles. The molecule has 0 amide bonds. The van der Waals surface area contributed by atoms with Gasteiger partial charge in [0.25, 0.3) is 0 Å². The summed E-state index contributed by atoms with van der Waals surface area (Å²) in [6, 6.07) is 8.21. The van der Waals surface area contributed by atoms with E-state index in [1.54, 1.807) is 7.11 Å². The van der Waals surface area contributed by atoms with E-state index in [2.05, 4.69) is 31.0 Å². The monoisotopic (exact) mass is 189 g/mol. The molecular weight excluding hydrogens is 174 g/mol. The lowest BCUT2D eigenvalue weighted by atomic mass is 10.1.